The van der Waals surface area contributed by atoms with Gasteiger partial charge in [-0.05, 0) is 29.4 Å². The van der Waals surface area contributed by atoms with Crippen LogP contribution in [0.5, 0.6) is 0 Å². The molecule has 0 saturated carbocycles. The summed E-state index contributed by atoms with van der Waals surface area (Å²) < 4.78 is 0. The predicted molar refractivity (Wildman–Crippen MR) is 81.4 cm³/mol. The lowest BCUT2D eigenvalue weighted by Crippen LogP contribution is -2.34. The average molecular weight is 263 g/mol. The molecule has 2 heteroatoms. The molecule has 1 aromatic rings. The first-order valence-corrected chi connectivity index (χ1v) is 7.91. The van der Waals surface area contributed by atoms with Gasteiger partial charge in [0.1, 0.15) is 0 Å². The zero-order chi connectivity index (χ0) is 13.2. The van der Waals surface area contributed by atoms with Crippen molar-refractivity contribution in [2.75, 3.05) is 12.3 Å². The van der Waals surface area contributed by atoms with E-state index in [0.717, 1.165) is 12.5 Å². The Bertz CT molecular complexity index is 398. The minimum absolute atomic E-state index is 0.368. The molecule has 1 atom stereocenters. The van der Waals surface area contributed by atoms with Gasteiger partial charge >= 0.3 is 0 Å². The Morgan fingerprint density at radius 2 is 2.06 bits per heavy atom. The van der Waals surface area contributed by atoms with Gasteiger partial charge in [0.15, 0.2) is 0 Å². The molecule has 0 aliphatic carbocycles. The molecular weight excluding hydrogens is 238 g/mol. The van der Waals surface area contributed by atoms with Crippen LogP contribution in [-0.2, 0) is 0 Å². The minimum atomic E-state index is 0.368. The van der Waals surface area contributed by atoms with Crippen molar-refractivity contribution in [2.45, 2.75) is 51.0 Å². The van der Waals surface area contributed by atoms with E-state index in [1.807, 2.05) is 11.8 Å². The highest BCUT2D eigenvalue weighted by Crippen LogP contribution is 2.44. The molecule has 2 rings (SSSR count). The second-order valence-corrected chi connectivity index (χ2v) is 7.51. The molecule has 1 nitrogen and oxygen atoms in total. The van der Waals surface area contributed by atoms with Gasteiger partial charge < -0.3 is 5.32 Å². The number of nitrogens with one attached hydrogen (secondary N) is 1. The van der Waals surface area contributed by atoms with Crippen LogP contribution in [0.1, 0.15) is 45.6 Å². The normalized spacial score (nSPS) is 19.3. The van der Waals surface area contributed by atoms with Gasteiger partial charge in [0, 0.05) is 23.2 Å². The molecule has 1 unspecified atom stereocenters. The van der Waals surface area contributed by atoms with Gasteiger partial charge in [0.05, 0.1) is 0 Å². The number of hydrogen-bond donors (Lipinski definition) is 1. The highest BCUT2D eigenvalue weighted by Gasteiger charge is 2.29. The highest BCUT2D eigenvalue weighted by atomic mass is 32.2. The molecule has 1 aliphatic heterocycles. The van der Waals surface area contributed by atoms with Crippen molar-refractivity contribution in [1.29, 1.82) is 0 Å². The Labute approximate surface area is 116 Å². The lowest BCUT2D eigenvalue weighted by molar-refractivity contribution is 0.287. The third-order valence-electron chi connectivity index (χ3n) is 3.59. The summed E-state index contributed by atoms with van der Waals surface area (Å²) in [6.45, 7) is 10.3. The molecule has 18 heavy (non-hydrogen) atoms. The van der Waals surface area contributed by atoms with Crippen LogP contribution in [0.25, 0.3) is 0 Å². The van der Waals surface area contributed by atoms with Crippen molar-refractivity contribution in [2.24, 2.45) is 5.41 Å². The quantitative estimate of drug-likeness (QED) is 0.850. The lowest BCUT2D eigenvalue weighted by Gasteiger charge is -2.29. The molecule has 1 aromatic carbocycles. The predicted octanol–water partition coefficient (Wildman–Crippen LogP) is 4.29. The zero-order valence-electron chi connectivity index (χ0n) is 12.0. The smallest absolute Gasteiger partial charge is 0.0107 e. The van der Waals surface area contributed by atoms with E-state index in [2.05, 4.69) is 57.3 Å². The third kappa shape index (κ3) is 3.52. The molecule has 0 spiro atoms. The summed E-state index contributed by atoms with van der Waals surface area (Å²) in [5.74, 6) is 1.99. The van der Waals surface area contributed by atoms with Crippen molar-refractivity contribution < 1.29 is 0 Å². The van der Waals surface area contributed by atoms with Crippen LogP contribution >= 0.6 is 11.8 Å². The van der Waals surface area contributed by atoms with Gasteiger partial charge in [-0.2, -0.15) is 0 Å². The molecule has 0 amide bonds. The minimum Gasteiger partial charge on any atom is -0.314 e. The van der Waals surface area contributed by atoms with E-state index in [9.17, 15) is 0 Å². The molecule has 100 valence electrons. The molecule has 1 aliphatic rings. The van der Waals surface area contributed by atoms with Crippen molar-refractivity contribution in [1.82, 2.24) is 5.32 Å². The van der Waals surface area contributed by atoms with Crippen LogP contribution in [0.15, 0.2) is 29.2 Å². The Morgan fingerprint density at radius 1 is 1.33 bits per heavy atom. The van der Waals surface area contributed by atoms with Crippen LogP contribution in [0.2, 0.25) is 0 Å². The summed E-state index contributed by atoms with van der Waals surface area (Å²) >= 11 is 2.02. The molecule has 0 bridgehead atoms. The van der Waals surface area contributed by atoms with E-state index in [1.54, 1.807) is 5.56 Å². The molecule has 0 aromatic heterocycles. The number of hydrogen-bond acceptors (Lipinski definition) is 2. The average Bonchev–Trinajstić information content (AvgIpc) is 2.70. The first-order valence-electron chi connectivity index (χ1n) is 6.93. The van der Waals surface area contributed by atoms with Crippen LogP contribution in [0.4, 0.5) is 0 Å². The van der Waals surface area contributed by atoms with E-state index in [4.69, 9.17) is 0 Å². The summed E-state index contributed by atoms with van der Waals surface area (Å²) in [5.41, 5.74) is 1.94. The van der Waals surface area contributed by atoms with Crippen molar-refractivity contribution in [3.05, 3.63) is 29.8 Å². The number of thioether (sulfide) groups is 1. The van der Waals surface area contributed by atoms with Crippen LogP contribution in [0, 0.1) is 5.41 Å². The fraction of sp³-hybridized carbons (Fsp3) is 0.625. The molecule has 1 heterocycles. The molecule has 0 saturated heterocycles. The number of fused-ring (bicyclic) bond motifs is 1. The highest BCUT2D eigenvalue weighted by molar-refractivity contribution is 7.99. The first kappa shape index (κ1) is 14.0. The van der Waals surface area contributed by atoms with Crippen LogP contribution in [0.3, 0.4) is 0 Å². The van der Waals surface area contributed by atoms with Crippen LogP contribution in [-0.4, -0.2) is 18.3 Å². The van der Waals surface area contributed by atoms with Gasteiger partial charge in [-0.15, -0.1) is 11.8 Å². The maximum atomic E-state index is 3.58. The summed E-state index contributed by atoms with van der Waals surface area (Å²) in [6, 6.07) is 9.48. The Balaban J connectivity index is 1.98. The maximum absolute atomic E-state index is 3.58. The van der Waals surface area contributed by atoms with Gasteiger partial charge in [-0.3, -0.25) is 0 Å². The monoisotopic (exact) mass is 263 g/mol. The maximum Gasteiger partial charge on any atom is 0.0107 e. The second-order valence-electron chi connectivity index (χ2n) is 6.45. The van der Waals surface area contributed by atoms with Gasteiger partial charge in [-0.25, -0.2) is 0 Å². The van der Waals surface area contributed by atoms with E-state index in [-0.39, 0.29) is 0 Å². The van der Waals surface area contributed by atoms with Crippen molar-refractivity contribution in [3.63, 3.8) is 0 Å². The summed E-state index contributed by atoms with van der Waals surface area (Å²) in [6.07, 6.45) is 1.27. The summed E-state index contributed by atoms with van der Waals surface area (Å²) in [4.78, 5) is 1.50. The summed E-state index contributed by atoms with van der Waals surface area (Å²) in [7, 11) is 0. The van der Waals surface area contributed by atoms with E-state index >= 15 is 0 Å². The second kappa shape index (κ2) is 5.66. The Hall–Kier alpha value is -0.470. The standard InChI is InChI=1S/C16H25NS/c1-12(2)17-11-16(3,4)9-13-10-18-15-8-6-5-7-14(13)15/h5-8,12-13,17H,9-11H2,1-4H3. The SMILES string of the molecule is CC(C)NCC(C)(C)CC1CSc2ccccc21. The zero-order valence-corrected chi connectivity index (χ0v) is 12.8. The van der Waals surface area contributed by atoms with E-state index in [0.29, 0.717) is 11.5 Å². The van der Waals surface area contributed by atoms with Gasteiger partial charge in [0.25, 0.3) is 0 Å². The number of benzene rings is 1. The summed E-state index contributed by atoms with van der Waals surface area (Å²) in [5, 5.41) is 3.58. The van der Waals surface area contributed by atoms with Gasteiger partial charge in [-0.1, -0.05) is 45.9 Å². The van der Waals surface area contributed by atoms with E-state index < -0.39 is 0 Å². The van der Waals surface area contributed by atoms with Crippen molar-refractivity contribution in [3.8, 4) is 0 Å². The van der Waals surface area contributed by atoms with E-state index in [1.165, 1.54) is 17.1 Å². The lowest BCUT2D eigenvalue weighted by atomic mass is 9.80. The number of rotatable bonds is 5. The third-order valence-corrected chi connectivity index (χ3v) is 4.84. The Kier molecular flexibility index (Phi) is 4.39. The topological polar surface area (TPSA) is 12.0 Å². The van der Waals surface area contributed by atoms with Crippen molar-refractivity contribution >= 4 is 11.8 Å². The molecule has 1 N–H and O–H groups in total. The molecule has 0 fully saturated rings. The first-order chi connectivity index (χ1) is 8.48. The van der Waals surface area contributed by atoms with Crippen LogP contribution < -0.4 is 5.32 Å². The largest absolute Gasteiger partial charge is 0.314 e. The molecule has 0 radical (unpaired) electrons. The Morgan fingerprint density at radius 3 is 2.78 bits per heavy atom. The fourth-order valence-electron chi connectivity index (χ4n) is 2.62. The molecular formula is C16H25NS. The fourth-order valence-corrected chi connectivity index (χ4v) is 3.87. The van der Waals surface area contributed by atoms with Gasteiger partial charge in [0.2, 0.25) is 0 Å².